The number of hydrogen-bond donors (Lipinski definition) is 0. The largest absolute Gasteiger partial charge is 0.0874 e. The van der Waals surface area contributed by atoms with Crippen LogP contribution in [0.4, 0.5) is 0 Å². The fourth-order valence-electron chi connectivity index (χ4n) is 7.61. The summed E-state index contributed by atoms with van der Waals surface area (Å²) in [5.74, 6) is 0.172. The van der Waals surface area contributed by atoms with Gasteiger partial charge in [0.05, 0.1) is 0 Å². The van der Waals surface area contributed by atoms with Crippen LogP contribution in [0.25, 0.3) is 21.9 Å². The van der Waals surface area contributed by atoms with Gasteiger partial charge in [-0.25, -0.2) is 0 Å². The summed E-state index contributed by atoms with van der Waals surface area (Å²) in [4.78, 5) is 0. The number of benzene rings is 4. The minimum absolute atomic E-state index is 0.0563. The van der Waals surface area contributed by atoms with Crippen molar-refractivity contribution in [2.75, 3.05) is 0 Å². The Morgan fingerprint density at radius 2 is 1.32 bits per heavy atom. The Bertz CT molecular complexity index is 1730. The van der Waals surface area contributed by atoms with E-state index in [1.54, 1.807) is 0 Å². The second-order valence-corrected chi connectivity index (χ2v) is 14.2. The molecule has 0 N–H and O–H groups in total. The number of allylic oxidation sites excluding steroid dienone is 4. The summed E-state index contributed by atoms with van der Waals surface area (Å²) in [7, 11) is 0. The molecule has 0 heteroatoms. The summed E-state index contributed by atoms with van der Waals surface area (Å²) in [5.41, 5.74) is 15.7. The Morgan fingerprint density at radius 3 is 1.90 bits per heavy atom. The molecular formula is C40H44. The van der Waals surface area contributed by atoms with Gasteiger partial charge in [0.15, 0.2) is 0 Å². The first kappa shape index (κ1) is 26.8. The minimum atomic E-state index is -0.0879. The lowest BCUT2D eigenvalue weighted by atomic mass is 9.67. The molecule has 0 saturated heterocycles. The molecule has 0 amide bonds. The second-order valence-electron chi connectivity index (χ2n) is 14.2. The fraction of sp³-hybridized carbons (Fsp3) is 0.350. The van der Waals surface area contributed by atoms with E-state index in [-0.39, 0.29) is 22.2 Å². The van der Waals surface area contributed by atoms with Crippen LogP contribution >= 0.6 is 0 Å². The molecule has 6 rings (SSSR count). The molecule has 0 spiro atoms. The molecule has 2 aliphatic carbocycles. The normalized spacial score (nSPS) is 17.6. The van der Waals surface area contributed by atoms with Crippen molar-refractivity contribution in [2.24, 2.45) is 0 Å². The quantitative estimate of drug-likeness (QED) is 0.233. The van der Waals surface area contributed by atoms with Gasteiger partial charge in [-0.05, 0) is 98.2 Å². The van der Waals surface area contributed by atoms with E-state index < -0.39 is 0 Å². The molecule has 1 unspecified atom stereocenters. The summed E-state index contributed by atoms with van der Waals surface area (Å²) >= 11 is 0. The zero-order chi connectivity index (χ0) is 28.8. The van der Waals surface area contributed by atoms with E-state index >= 15 is 0 Å². The topological polar surface area (TPSA) is 0 Å². The molecule has 2 aliphatic rings. The number of aryl methyl sites for hydroxylation is 1. The van der Waals surface area contributed by atoms with Crippen LogP contribution in [0.15, 0.2) is 84.5 Å². The first-order valence-electron chi connectivity index (χ1n) is 15.0. The van der Waals surface area contributed by atoms with Gasteiger partial charge >= 0.3 is 0 Å². The van der Waals surface area contributed by atoms with Crippen LogP contribution in [-0.2, 0) is 16.2 Å². The molecule has 0 bridgehead atoms. The van der Waals surface area contributed by atoms with Crippen molar-refractivity contribution in [2.45, 2.75) is 91.4 Å². The summed E-state index contributed by atoms with van der Waals surface area (Å²) in [6.45, 7) is 23.2. The van der Waals surface area contributed by atoms with Gasteiger partial charge in [-0.1, -0.05) is 127 Å². The molecule has 0 saturated carbocycles. The van der Waals surface area contributed by atoms with Gasteiger partial charge in [-0.15, -0.1) is 0 Å². The van der Waals surface area contributed by atoms with Crippen molar-refractivity contribution in [3.63, 3.8) is 0 Å². The van der Waals surface area contributed by atoms with Crippen molar-refractivity contribution < 1.29 is 0 Å². The van der Waals surface area contributed by atoms with Crippen molar-refractivity contribution >= 4 is 10.8 Å². The van der Waals surface area contributed by atoms with E-state index in [9.17, 15) is 0 Å². The maximum atomic E-state index is 2.56. The van der Waals surface area contributed by atoms with Crippen molar-refractivity contribution in [3.05, 3.63) is 129 Å². The first-order chi connectivity index (χ1) is 18.8. The van der Waals surface area contributed by atoms with Crippen molar-refractivity contribution in [1.29, 1.82) is 0 Å². The molecule has 0 radical (unpaired) electrons. The van der Waals surface area contributed by atoms with Crippen LogP contribution in [0, 0.1) is 6.92 Å². The lowest BCUT2D eigenvalue weighted by molar-refractivity contribution is 0.590. The highest BCUT2D eigenvalue weighted by atomic mass is 14.5. The van der Waals surface area contributed by atoms with Gasteiger partial charge in [-0.2, -0.15) is 0 Å². The first-order valence-corrected chi connectivity index (χ1v) is 15.0. The van der Waals surface area contributed by atoms with Crippen molar-refractivity contribution in [3.8, 4) is 11.1 Å². The molecular weight excluding hydrogens is 480 g/mol. The van der Waals surface area contributed by atoms with Crippen LogP contribution in [-0.4, -0.2) is 0 Å². The Morgan fingerprint density at radius 1 is 0.725 bits per heavy atom. The van der Waals surface area contributed by atoms with E-state index in [1.807, 2.05) is 0 Å². The van der Waals surface area contributed by atoms with Crippen LogP contribution < -0.4 is 0 Å². The Hall–Kier alpha value is -3.38. The zero-order valence-electron chi connectivity index (χ0n) is 26.1. The predicted octanol–water partition coefficient (Wildman–Crippen LogP) is 11.0. The van der Waals surface area contributed by atoms with Gasteiger partial charge in [0.2, 0.25) is 0 Å². The lowest BCUT2D eigenvalue weighted by Crippen LogP contribution is -2.24. The smallest absolute Gasteiger partial charge is 0.0336 e. The Labute approximate surface area is 241 Å². The SMILES string of the molecule is C/C=C\C(=C/C)C(c1ccc(C(C)(C)C)cc1)c1cc2c3c(c1)C(C)(C)c1cccc4c(C)cc(c-3c14)C2(C)C. The fourth-order valence-corrected chi connectivity index (χ4v) is 7.61. The highest BCUT2D eigenvalue weighted by Gasteiger charge is 2.45. The summed E-state index contributed by atoms with van der Waals surface area (Å²) in [6, 6.07) is 23.9. The standard InChI is InChI=1S/C40H44/c1-11-14-25(12-2)34(26-17-19-28(20-18-26)38(4,5)6)27-22-32-36-33(23-27)40(9,10)31-21-24(3)29-15-13-16-30(39(32,7)8)35(29)37(31)36/h11-23,34H,1-10H3/b14-11-,25-12+. The van der Waals surface area contributed by atoms with Crippen LogP contribution in [0.1, 0.15) is 113 Å². The van der Waals surface area contributed by atoms with Gasteiger partial charge in [0, 0.05) is 16.7 Å². The molecule has 204 valence electrons. The Kier molecular flexibility index (Phi) is 5.91. The monoisotopic (exact) mass is 524 g/mol. The molecule has 1 atom stereocenters. The molecule has 4 aromatic carbocycles. The van der Waals surface area contributed by atoms with Gasteiger partial charge < -0.3 is 0 Å². The van der Waals surface area contributed by atoms with Gasteiger partial charge in [0.25, 0.3) is 0 Å². The lowest BCUT2D eigenvalue weighted by Gasteiger charge is -2.36. The maximum Gasteiger partial charge on any atom is 0.0336 e. The Balaban J connectivity index is 1.67. The molecule has 0 aromatic heterocycles. The van der Waals surface area contributed by atoms with Gasteiger partial charge in [-0.3, -0.25) is 0 Å². The molecule has 0 heterocycles. The highest BCUT2D eigenvalue weighted by molar-refractivity contribution is 6.09. The molecule has 0 nitrogen and oxygen atoms in total. The molecule has 0 fully saturated rings. The zero-order valence-corrected chi connectivity index (χ0v) is 26.1. The second kappa shape index (κ2) is 8.81. The summed E-state index contributed by atoms with van der Waals surface area (Å²) < 4.78 is 0. The third kappa shape index (κ3) is 3.64. The third-order valence-electron chi connectivity index (χ3n) is 9.94. The minimum Gasteiger partial charge on any atom is -0.0874 e. The average Bonchev–Trinajstić information content (AvgIpc) is 3.13. The summed E-state index contributed by atoms with van der Waals surface area (Å²) in [6.07, 6.45) is 6.78. The van der Waals surface area contributed by atoms with E-state index in [2.05, 4.69) is 148 Å². The van der Waals surface area contributed by atoms with Gasteiger partial charge in [0.1, 0.15) is 0 Å². The summed E-state index contributed by atoms with van der Waals surface area (Å²) in [5, 5.41) is 2.88. The molecule has 4 aromatic rings. The van der Waals surface area contributed by atoms with E-state index in [4.69, 9.17) is 0 Å². The third-order valence-corrected chi connectivity index (χ3v) is 9.94. The number of hydrogen-bond acceptors (Lipinski definition) is 0. The van der Waals surface area contributed by atoms with E-state index in [0.717, 1.165) is 0 Å². The molecule has 40 heavy (non-hydrogen) atoms. The number of rotatable bonds is 4. The predicted molar refractivity (Wildman–Crippen MR) is 174 cm³/mol. The van der Waals surface area contributed by atoms with Crippen LogP contribution in [0.3, 0.4) is 0 Å². The highest BCUT2D eigenvalue weighted by Crippen LogP contribution is 2.60. The average molecular weight is 525 g/mol. The van der Waals surface area contributed by atoms with Crippen molar-refractivity contribution in [1.82, 2.24) is 0 Å². The maximum absolute atomic E-state index is 2.56. The van der Waals surface area contributed by atoms with E-state index in [1.165, 1.54) is 72.0 Å². The molecule has 0 aliphatic heterocycles. The van der Waals surface area contributed by atoms with Crippen LogP contribution in [0.2, 0.25) is 0 Å². The van der Waals surface area contributed by atoms with E-state index in [0.29, 0.717) is 0 Å². The van der Waals surface area contributed by atoms with Crippen LogP contribution in [0.5, 0.6) is 0 Å².